The Kier molecular flexibility index (Phi) is 5.30. The van der Waals surface area contributed by atoms with Crippen LogP contribution in [-0.4, -0.2) is 35.0 Å². The molecule has 1 aromatic carbocycles. The second-order valence-corrected chi connectivity index (χ2v) is 4.94. The summed E-state index contributed by atoms with van der Waals surface area (Å²) in [5.41, 5.74) is 6.28. The Labute approximate surface area is 114 Å². The molecule has 0 radical (unpaired) electrons. The molecular weight excluding hydrogens is 300 g/mol. The van der Waals surface area contributed by atoms with Gasteiger partial charge in [-0.05, 0) is 17.7 Å². The summed E-state index contributed by atoms with van der Waals surface area (Å²) in [4.78, 5) is 23.7. The summed E-state index contributed by atoms with van der Waals surface area (Å²) < 4.78 is 0.933. The lowest BCUT2D eigenvalue weighted by atomic mass is 10.2. The normalized spacial score (nSPS) is 11.9. The Hall–Kier alpha value is -1.40. The summed E-state index contributed by atoms with van der Waals surface area (Å²) in [6.07, 6.45) is -0.195. The van der Waals surface area contributed by atoms with Gasteiger partial charge in [0, 0.05) is 18.1 Å². The van der Waals surface area contributed by atoms with Crippen molar-refractivity contribution in [1.82, 2.24) is 4.90 Å². The lowest BCUT2D eigenvalue weighted by molar-refractivity contribution is -0.142. The molecule has 0 aliphatic carbocycles. The van der Waals surface area contributed by atoms with E-state index < -0.39 is 12.0 Å². The van der Waals surface area contributed by atoms with E-state index in [1.165, 1.54) is 4.90 Å². The van der Waals surface area contributed by atoms with Crippen molar-refractivity contribution < 1.29 is 14.7 Å². The molecule has 1 unspecified atom stereocenters. The molecule has 0 aromatic heterocycles. The van der Waals surface area contributed by atoms with Gasteiger partial charge in [-0.25, -0.2) is 0 Å². The number of carboxylic acids is 1. The number of halogens is 1. The molecule has 1 atom stereocenters. The molecule has 0 spiro atoms. The summed E-state index contributed by atoms with van der Waals surface area (Å²) in [6.45, 7) is 0.421. The van der Waals surface area contributed by atoms with Crippen LogP contribution in [0.3, 0.4) is 0 Å². The quantitative estimate of drug-likeness (QED) is 0.855. The van der Waals surface area contributed by atoms with Crippen molar-refractivity contribution >= 4 is 27.8 Å². The van der Waals surface area contributed by atoms with E-state index in [1.54, 1.807) is 7.05 Å². The molecule has 0 aliphatic heterocycles. The second kappa shape index (κ2) is 6.51. The zero-order valence-corrected chi connectivity index (χ0v) is 11.6. The molecule has 18 heavy (non-hydrogen) atoms. The van der Waals surface area contributed by atoms with Crippen LogP contribution in [-0.2, 0) is 16.1 Å². The van der Waals surface area contributed by atoms with Crippen molar-refractivity contribution in [1.29, 1.82) is 0 Å². The van der Waals surface area contributed by atoms with Gasteiger partial charge in [0.2, 0.25) is 5.91 Å². The number of carbonyl (C=O) groups is 2. The molecular formula is C12H15BrN2O3. The number of nitrogens with two attached hydrogens (primary N) is 1. The van der Waals surface area contributed by atoms with E-state index in [-0.39, 0.29) is 12.3 Å². The highest BCUT2D eigenvalue weighted by atomic mass is 79.9. The molecule has 1 rings (SSSR count). The molecule has 1 aromatic rings. The average Bonchev–Trinajstić information content (AvgIpc) is 2.28. The first-order chi connectivity index (χ1) is 8.40. The van der Waals surface area contributed by atoms with Crippen LogP contribution in [0.4, 0.5) is 0 Å². The number of rotatable bonds is 5. The number of carboxylic acid groups (broad SMARTS) is 1. The smallest absolute Gasteiger partial charge is 0.321 e. The van der Waals surface area contributed by atoms with Crippen LogP contribution in [0.5, 0.6) is 0 Å². The number of hydrogen-bond acceptors (Lipinski definition) is 3. The van der Waals surface area contributed by atoms with E-state index >= 15 is 0 Å². The Bertz CT molecular complexity index is 451. The van der Waals surface area contributed by atoms with Gasteiger partial charge in [0.05, 0.1) is 6.42 Å². The molecule has 0 saturated carbocycles. The number of nitrogens with zero attached hydrogens (tertiary/aromatic N) is 1. The minimum absolute atomic E-state index is 0.195. The summed E-state index contributed by atoms with van der Waals surface area (Å²) in [5.74, 6) is -1.45. The van der Waals surface area contributed by atoms with Crippen LogP contribution in [0.15, 0.2) is 28.7 Å². The highest BCUT2D eigenvalue weighted by molar-refractivity contribution is 9.10. The van der Waals surface area contributed by atoms with E-state index in [1.807, 2.05) is 24.3 Å². The SMILES string of the molecule is CN(Cc1cccc(Br)c1)C(=O)CC(N)C(=O)O. The highest BCUT2D eigenvalue weighted by Gasteiger charge is 2.19. The standard InChI is InChI=1S/C12H15BrN2O3/c1-15(11(16)6-10(14)12(17)18)7-8-3-2-4-9(13)5-8/h2-5,10H,6-7,14H2,1H3,(H,17,18). The third-order valence-electron chi connectivity index (χ3n) is 2.45. The summed E-state index contributed by atoms with van der Waals surface area (Å²) >= 11 is 3.35. The van der Waals surface area contributed by atoms with Crippen molar-refractivity contribution in [2.45, 2.75) is 19.0 Å². The van der Waals surface area contributed by atoms with Crippen LogP contribution in [0, 0.1) is 0 Å². The minimum Gasteiger partial charge on any atom is -0.480 e. The molecule has 0 saturated heterocycles. The van der Waals surface area contributed by atoms with E-state index in [4.69, 9.17) is 10.8 Å². The highest BCUT2D eigenvalue weighted by Crippen LogP contribution is 2.13. The first-order valence-electron chi connectivity index (χ1n) is 5.37. The maximum absolute atomic E-state index is 11.7. The number of hydrogen-bond donors (Lipinski definition) is 2. The van der Waals surface area contributed by atoms with Gasteiger partial charge >= 0.3 is 5.97 Å². The molecule has 0 bridgehead atoms. The van der Waals surface area contributed by atoms with Crippen LogP contribution < -0.4 is 5.73 Å². The first kappa shape index (κ1) is 14.7. The molecule has 6 heteroatoms. The van der Waals surface area contributed by atoms with Gasteiger partial charge in [0.15, 0.2) is 0 Å². The van der Waals surface area contributed by atoms with Crippen LogP contribution in [0.2, 0.25) is 0 Å². The second-order valence-electron chi connectivity index (χ2n) is 4.03. The van der Waals surface area contributed by atoms with Crippen molar-refractivity contribution in [3.8, 4) is 0 Å². The van der Waals surface area contributed by atoms with Crippen molar-refractivity contribution in [2.24, 2.45) is 5.73 Å². The summed E-state index contributed by atoms with van der Waals surface area (Å²) in [7, 11) is 1.62. The van der Waals surface area contributed by atoms with Crippen LogP contribution >= 0.6 is 15.9 Å². The van der Waals surface area contributed by atoms with Gasteiger partial charge in [-0.2, -0.15) is 0 Å². The molecule has 1 amide bonds. The summed E-state index contributed by atoms with van der Waals surface area (Å²) in [6, 6.07) is 6.42. The molecule has 0 aliphatic rings. The molecule has 0 heterocycles. The summed E-state index contributed by atoms with van der Waals surface area (Å²) in [5, 5.41) is 8.64. The Balaban J connectivity index is 2.57. The molecule has 5 nitrogen and oxygen atoms in total. The lowest BCUT2D eigenvalue weighted by Gasteiger charge is -2.18. The van der Waals surface area contributed by atoms with Crippen LogP contribution in [0.25, 0.3) is 0 Å². The maximum atomic E-state index is 11.7. The maximum Gasteiger partial charge on any atom is 0.321 e. The largest absolute Gasteiger partial charge is 0.480 e. The molecule has 3 N–H and O–H groups in total. The average molecular weight is 315 g/mol. The van der Waals surface area contributed by atoms with Crippen LogP contribution in [0.1, 0.15) is 12.0 Å². The number of aliphatic carboxylic acids is 1. The van der Waals surface area contributed by atoms with E-state index in [2.05, 4.69) is 15.9 Å². The van der Waals surface area contributed by atoms with E-state index in [9.17, 15) is 9.59 Å². The predicted molar refractivity (Wildman–Crippen MR) is 70.8 cm³/mol. The Morgan fingerprint density at radius 1 is 1.50 bits per heavy atom. The minimum atomic E-state index is -1.17. The lowest BCUT2D eigenvalue weighted by Crippen LogP contribution is -2.37. The van der Waals surface area contributed by atoms with Gasteiger partial charge in [0.1, 0.15) is 6.04 Å². The fraction of sp³-hybridized carbons (Fsp3) is 0.333. The third kappa shape index (κ3) is 4.46. The zero-order valence-electron chi connectivity index (χ0n) is 9.97. The molecule has 98 valence electrons. The predicted octanol–water partition coefficient (Wildman–Crippen LogP) is 1.21. The Morgan fingerprint density at radius 3 is 2.72 bits per heavy atom. The van der Waals surface area contributed by atoms with Crippen molar-refractivity contribution in [3.63, 3.8) is 0 Å². The number of benzene rings is 1. The zero-order chi connectivity index (χ0) is 13.7. The fourth-order valence-corrected chi connectivity index (χ4v) is 1.88. The Morgan fingerprint density at radius 2 is 2.17 bits per heavy atom. The van der Waals surface area contributed by atoms with E-state index in [0.29, 0.717) is 6.54 Å². The molecule has 0 fully saturated rings. The number of amides is 1. The van der Waals surface area contributed by atoms with Crippen molar-refractivity contribution in [3.05, 3.63) is 34.3 Å². The van der Waals surface area contributed by atoms with Gasteiger partial charge in [-0.3, -0.25) is 9.59 Å². The van der Waals surface area contributed by atoms with E-state index in [0.717, 1.165) is 10.0 Å². The third-order valence-corrected chi connectivity index (χ3v) is 2.94. The van der Waals surface area contributed by atoms with Gasteiger partial charge in [-0.1, -0.05) is 28.1 Å². The fourth-order valence-electron chi connectivity index (χ4n) is 1.43. The monoisotopic (exact) mass is 314 g/mol. The topological polar surface area (TPSA) is 83.6 Å². The van der Waals surface area contributed by atoms with Gasteiger partial charge in [-0.15, -0.1) is 0 Å². The first-order valence-corrected chi connectivity index (χ1v) is 6.16. The van der Waals surface area contributed by atoms with Crippen molar-refractivity contribution in [2.75, 3.05) is 7.05 Å². The number of carbonyl (C=O) groups excluding carboxylic acids is 1. The van der Waals surface area contributed by atoms with Gasteiger partial charge < -0.3 is 15.7 Å². The van der Waals surface area contributed by atoms with Gasteiger partial charge in [0.25, 0.3) is 0 Å².